The minimum atomic E-state index is -4.12. The Bertz CT molecular complexity index is 1180. The van der Waals surface area contributed by atoms with Gasteiger partial charge in [0, 0.05) is 49.1 Å². The quantitative estimate of drug-likeness (QED) is 0.654. The number of fused-ring (bicyclic) bond motifs is 3. The van der Waals surface area contributed by atoms with Crippen molar-refractivity contribution in [3.05, 3.63) is 60.2 Å². The van der Waals surface area contributed by atoms with E-state index >= 15 is 0 Å². The van der Waals surface area contributed by atoms with E-state index < -0.39 is 26.6 Å². The predicted octanol–water partition coefficient (Wildman–Crippen LogP) is 2.40. The van der Waals surface area contributed by atoms with E-state index in [0.29, 0.717) is 43.5 Å². The van der Waals surface area contributed by atoms with Crippen LogP contribution in [0, 0.1) is 11.6 Å². The first-order chi connectivity index (χ1) is 13.9. The Morgan fingerprint density at radius 1 is 1.07 bits per heavy atom. The number of sulfonamides is 1. The van der Waals surface area contributed by atoms with Crippen molar-refractivity contribution in [1.82, 2.24) is 24.1 Å². The lowest BCUT2D eigenvalue weighted by atomic mass is 10.1. The Balaban J connectivity index is 1.55. The summed E-state index contributed by atoms with van der Waals surface area (Å²) in [5, 5.41) is 8.55. The maximum absolute atomic E-state index is 14.3. The van der Waals surface area contributed by atoms with Gasteiger partial charge in [0.2, 0.25) is 10.0 Å². The van der Waals surface area contributed by atoms with Gasteiger partial charge in [0.25, 0.3) is 0 Å². The molecular weight excluding hydrogens is 400 g/mol. The van der Waals surface area contributed by atoms with Crippen LogP contribution in [0.1, 0.15) is 18.7 Å². The largest absolute Gasteiger partial charge is 0.309 e. The normalized spacial score (nSPS) is 21.7. The van der Waals surface area contributed by atoms with Crippen molar-refractivity contribution in [1.29, 1.82) is 0 Å². The number of pyridine rings is 1. The van der Waals surface area contributed by atoms with Gasteiger partial charge in [-0.15, -0.1) is 10.2 Å². The van der Waals surface area contributed by atoms with E-state index in [-0.39, 0.29) is 12.1 Å². The highest BCUT2D eigenvalue weighted by atomic mass is 32.2. The molecule has 1 fully saturated rings. The molecule has 2 aliphatic heterocycles. The number of nitrogens with zero attached hydrogens (tertiary/aromatic N) is 5. The van der Waals surface area contributed by atoms with Crippen molar-refractivity contribution in [2.45, 2.75) is 42.8 Å². The van der Waals surface area contributed by atoms with Gasteiger partial charge in [0.15, 0.2) is 5.82 Å². The number of rotatable bonds is 3. The zero-order valence-corrected chi connectivity index (χ0v) is 16.1. The molecule has 29 heavy (non-hydrogen) atoms. The predicted molar refractivity (Wildman–Crippen MR) is 99.1 cm³/mol. The van der Waals surface area contributed by atoms with Crippen molar-refractivity contribution in [2.24, 2.45) is 0 Å². The molecule has 2 atom stereocenters. The van der Waals surface area contributed by atoms with E-state index in [0.717, 1.165) is 17.7 Å². The zero-order chi connectivity index (χ0) is 20.2. The minimum absolute atomic E-state index is 0.346. The van der Waals surface area contributed by atoms with E-state index in [1.165, 1.54) is 4.31 Å². The van der Waals surface area contributed by atoms with Crippen molar-refractivity contribution >= 4 is 10.0 Å². The molecule has 150 valence electrons. The first-order valence-electron chi connectivity index (χ1n) is 9.26. The summed E-state index contributed by atoms with van der Waals surface area (Å²) in [4.78, 5) is 3.61. The number of benzene rings is 1. The first-order valence-corrected chi connectivity index (χ1v) is 10.7. The molecule has 2 aliphatic rings. The van der Waals surface area contributed by atoms with Crippen LogP contribution in [0.25, 0.3) is 11.4 Å². The molecule has 0 radical (unpaired) electrons. The summed E-state index contributed by atoms with van der Waals surface area (Å²) in [7, 11) is -4.12. The van der Waals surface area contributed by atoms with Crippen LogP contribution >= 0.6 is 0 Å². The monoisotopic (exact) mass is 417 g/mol. The van der Waals surface area contributed by atoms with E-state index in [1.807, 2.05) is 10.6 Å². The Hall–Kier alpha value is -2.72. The molecular formula is C19H17F2N5O2S. The first kappa shape index (κ1) is 18.3. The lowest BCUT2D eigenvalue weighted by Crippen LogP contribution is -2.42. The van der Waals surface area contributed by atoms with Gasteiger partial charge < -0.3 is 4.57 Å². The highest BCUT2D eigenvalue weighted by Gasteiger charge is 2.46. The topological polar surface area (TPSA) is 81.0 Å². The maximum Gasteiger partial charge on any atom is 0.246 e. The van der Waals surface area contributed by atoms with Crippen molar-refractivity contribution in [2.75, 3.05) is 0 Å². The number of hydrogen-bond acceptors (Lipinski definition) is 5. The van der Waals surface area contributed by atoms with E-state index in [9.17, 15) is 17.2 Å². The standard InChI is InChI=1S/C19H17F2N5O2S/c20-13-3-6-17(16(21)8-13)29(27,28)26-14-4-5-15(26)11-25-18(9-14)23-24-19(25)12-2-1-7-22-10-12/h1-3,6-8,10,14-15H,4-5,9,11H2. The molecule has 4 heterocycles. The molecule has 0 amide bonds. The fourth-order valence-corrected chi connectivity index (χ4v) is 6.21. The van der Waals surface area contributed by atoms with Crippen molar-refractivity contribution < 1.29 is 17.2 Å². The number of hydrogen-bond donors (Lipinski definition) is 0. The average Bonchev–Trinajstić information content (AvgIpc) is 3.22. The molecule has 7 nitrogen and oxygen atoms in total. The molecule has 10 heteroatoms. The lowest BCUT2D eigenvalue weighted by molar-refractivity contribution is 0.314. The van der Waals surface area contributed by atoms with E-state index in [4.69, 9.17) is 0 Å². The summed E-state index contributed by atoms with van der Waals surface area (Å²) in [6.45, 7) is 0.366. The van der Waals surface area contributed by atoms with Gasteiger partial charge in [-0.25, -0.2) is 17.2 Å². The molecule has 1 saturated heterocycles. The Morgan fingerprint density at radius 3 is 2.66 bits per heavy atom. The lowest BCUT2D eigenvalue weighted by Gasteiger charge is -2.27. The Kier molecular flexibility index (Phi) is 4.21. The Morgan fingerprint density at radius 2 is 1.90 bits per heavy atom. The van der Waals surface area contributed by atoms with Gasteiger partial charge in [-0.1, -0.05) is 0 Å². The van der Waals surface area contributed by atoms with Gasteiger partial charge in [0.05, 0.1) is 0 Å². The molecule has 0 spiro atoms. The van der Waals surface area contributed by atoms with Gasteiger partial charge in [-0.05, 0) is 37.1 Å². The molecule has 3 aromatic rings. The Labute approximate surface area is 166 Å². The SMILES string of the molecule is O=S(=O)(c1ccc(F)cc1F)N1C2CCC1Cn1c(nnc1-c1cccnc1)C2. The average molecular weight is 417 g/mol. The molecule has 0 aliphatic carbocycles. The molecule has 2 unspecified atom stereocenters. The molecule has 5 rings (SSSR count). The van der Waals surface area contributed by atoms with Crippen LogP contribution in [0.3, 0.4) is 0 Å². The molecule has 0 N–H and O–H groups in total. The third-order valence-corrected chi connectivity index (χ3v) is 7.60. The van der Waals surface area contributed by atoms with Gasteiger partial charge in [0.1, 0.15) is 22.4 Å². The third-order valence-electron chi connectivity index (χ3n) is 5.56. The second-order valence-electron chi connectivity index (χ2n) is 7.29. The highest BCUT2D eigenvalue weighted by molar-refractivity contribution is 7.89. The second-order valence-corrected chi connectivity index (χ2v) is 9.10. The van der Waals surface area contributed by atoms with Gasteiger partial charge in [-0.2, -0.15) is 4.31 Å². The minimum Gasteiger partial charge on any atom is -0.309 e. The fourth-order valence-electron chi connectivity index (χ4n) is 4.30. The highest BCUT2D eigenvalue weighted by Crippen LogP contribution is 2.37. The fraction of sp³-hybridized carbons (Fsp3) is 0.316. The summed E-state index contributed by atoms with van der Waals surface area (Å²) >= 11 is 0. The van der Waals surface area contributed by atoms with Crippen LogP contribution in [0.4, 0.5) is 8.78 Å². The third kappa shape index (κ3) is 2.94. The summed E-state index contributed by atoms with van der Waals surface area (Å²) in [5.41, 5.74) is 0.794. The van der Waals surface area contributed by atoms with E-state index in [2.05, 4.69) is 15.2 Å². The van der Waals surface area contributed by atoms with Crippen LogP contribution in [-0.2, 0) is 23.0 Å². The molecule has 1 aromatic carbocycles. The van der Waals surface area contributed by atoms with Crippen molar-refractivity contribution in [3.8, 4) is 11.4 Å². The smallest absolute Gasteiger partial charge is 0.246 e. The molecule has 2 aromatic heterocycles. The number of aromatic nitrogens is 4. The summed E-state index contributed by atoms with van der Waals surface area (Å²) < 4.78 is 57.4. The maximum atomic E-state index is 14.3. The van der Waals surface area contributed by atoms with Gasteiger partial charge in [-0.3, -0.25) is 4.98 Å². The van der Waals surface area contributed by atoms with Crippen LogP contribution < -0.4 is 0 Å². The molecule has 0 saturated carbocycles. The van der Waals surface area contributed by atoms with Gasteiger partial charge >= 0.3 is 0 Å². The summed E-state index contributed by atoms with van der Waals surface area (Å²) in [6.07, 6.45) is 5.03. The van der Waals surface area contributed by atoms with Crippen LogP contribution in [0.5, 0.6) is 0 Å². The van der Waals surface area contributed by atoms with Crippen molar-refractivity contribution in [3.63, 3.8) is 0 Å². The number of halogens is 2. The van der Waals surface area contributed by atoms with E-state index in [1.54, 1.807) is 18.5 Å². The summed E-state index contributed by atoms with van der Waals surface area (Å²) in [5.74, 6) is -0.571. The molecule has 2 bridgehead atoms. The summed E-state index contributed by atoms with van der Waals surface area (Å²) in [6, 6.07) is 5.52. The van der Waals surface area contributed by atoms with Crippen LogP contribution in [0.2, 0.25) is 0 Å². The zero-order valence-electron chi connectivity index (χ0n) is 15.2. The van der Waals surface area contributed by atoms with Crippen LogP contribution in [-0.4, -0.2) is 44.6 Å². The van der Waals surface area contributed by atoms with Crippen LogP contribution in [0.15, 0.2) is 47.6 Å². The second kappa shape index (κ2) is 6.67.